The first-order valence-electron chi connectivity index (χ1n) is 3.23. The van der Waals surface area contributed by atoms with E-state index in [2.05, 4.69) is 0 Å². The standard InChI is InChI=1S/C8H10BN.2H2O/c1-10(2)8-5-3-7(9)4-6-8;;/h3-6H,1-2H3;2*1H2/q+2;;/p-2. The Labute approximate surface area is 74.0 Å². The fraction of sp³-hybridized carbons (Fsp3) is 0.250. The predicted molar refractivity (Wildman–Crippen MR) is 50.0 cm³/mol. The average Bonchev–Trinajstić information content (AvgIpc) is 1.88. The van der Waals surface area contributed by atoms with Gasteiger partial charge in [0.25, 0.3) is 0 Å². The summed E-state index contributed by atoms with van der Waals surface area (Å²) in [6.07, 6.45) is 0. The van der Waals surface area contributed by atoms with Gasteiger partial charge in [-0.2, -0.15) is 0 Å². The molecule has 0 aliphatic rings. The van der Waals surface area contributed by atoms with Crippen LogP contribution in [-0.2, 0) is 0 Å². The van der Waals surface area contributed by atoms with Crippen molar-refractivity contribution < 1.29 is 11.0 Å². The van der Waals surface area contributed by atoms with Crippen LogP contribution in [0.2, 0.25) is 0 Å². The van der Waals surface area contributed by atoms with E-state index in [-0.39, 0.29) is 11.0 Å². The van der Waals surface area contributed by atoms with E-state index in [9.17, 15) is 0 Å². The van der Waals surface area contributed by atoms with Gasteiger partial charge in [-0.25, -0.2) is 0 Å². The van der Waals surface area contributed by atoms with Gasteiger partial charge in [0.15, 0.2) is 0 Å². The molecule has 0 fully saturated rings. The number of hydrogen-bond donors (Lipinski definition) is 0. The molecule has 12 heavy (non-hydrogen) atoms. The van der Waals surface area contributed by atoms with Gasteiger partial charge in [-0.05, 0) is 0 Å². The number of hydrogen-bond acceptors (Lipinski definition) is 3. The minimum Gasteiger partial charge on any atom is -0.870 e. The molecule has 4 heteroatoms. The Morgan fingerprint density at radius 1 is 1.00 bits per heavy atom. The molecule has 3 nitrogen and oxygen atoms in total. The van der Waals surface area contributed by atoms with Crippen LogP contribution in [0, 0.1) is 0 Å². The van der Waals surface area contributed by atoms with E-state index in [4.69, 9.17) is 7.85 Å². The molecule has 1 aromatic carbocycles. The van der Waals surface area contributed by atoms with Gasteiger partial charge in [0.05, 0.1) is 0 Å². The van der Waals surface area contributed by atoms with Crippen LogP contribution < -0.4 is 10.4 Å². The summed E-state index contributed by atoms with van der Waals surface area (Å²) in [4.78, 5) is 2.04. The number of anilines is 1. The Morgan fingerprint density at radius 2 is 1.42 bits per heavy atom. The molecule has 0 spiro atoms. The Morgan fingerprint density at radius 3 is 1.75 bits per heavy atom. The van der Waals surface area contributed by atoms with Crippen LogP contribution in [0.3, 0.4) is 0 Å². The van der Waals surface area contributed by atoms with Crippen LogP contribution in [0.25, 0.3) is 0 Å². The van der Waals surface area contributed by atoms with Crippen molar-refractivity contribution in [3.05, 3.63) is 24.3 Å². The zero-order valence-electron chi connectivity index (χ0n) is 7.23. The topological polar surface area (TPSA) is 63.2 Å². The zero-order valence-corrected chi connectivity index (χ0v) is 7.23. The van der Waals surface area contributed by atoms with E-state index in [0.717, 1.165) is 5.46 Å². The van der Waals surface area contributed by atoms with Crippen molar-refractivity contribution in [1.29, 1.82) is 0 Å². The van der Waals surface area contributed by atoms with Gasteiger partial charge in [-0.3, -0.25) is 0 Å². The molecule has 0 atom stereocenters. The summed E-state index contributed by atoms with van der Waals surface area (Å²) >= 11 is 0. The number of rotatable bonds is 1. The summed E-state index contributed by atoms with van der Waals surface area (Å²) in [7, 11) is 9.52. The largest absolute Gasteiger partial charge is 0.870 e. The van der Waals surface area contributed by atoms with Crippen molar-refractivity contribution in [1.82, 2.24) is 0 Å². The average molecular weight is 165 g/mol. The maximum Gasteiger partial charge on any atom is -0.870 e. The van der Waals surface area contributed by atoms with E-state index in [1.54, 1.807) is 0 Å². The van der Waals surface area contributed by atoms with Crippen molar-refractivity contribution in [3.8, 4) is 0 Å². The molecule has 0 bridgehead atoms. The third-order valence-electron chi connectivity index (χ3n) is 1.41. The zero-order chi connectivity index (χ0) is 7.56. The van der Waals surface area contributed by atoms with E-state index < -0.39 is 0 Å². The quantitative estimate of drug-likeness (QED) is 0.558. The predicted octanol–water partition coefficient (Wildman–Crippen LogP) is 0.193. The maximum atomic E-state index is 5.51. The monoisotopic (exact) mass is 165 g/mol. The molecule has 0 aliphatic heterocycles. The summed E-state index contributed by atoms with van der Waals surface area (Å²) in [5.74, 6) is 0. The van der Waals surface area contributed by atoms with Gasteiger partial charge in [0, 0.05) is 0 Å². The molecule has 0 aromatic heterocycles. The summed E-state index contributed by atoms with van der Waals surface area (Å²) in [6, 6.07) is 7.79. The minimum absolute atomic E-state index is 0. The van der Waals surface area contributed by atoms with E-state index >= 15 is 0 Å². The van der Waals surface area contributed by atoms with Gasteiger partial charge in [-0.1, -0.05) is 0 Å². The molecule has 0 aliphatic carbocycles. The molecule has 1 aromatic rings. The smallest absolute Gasteiger partial charge is 0.870 e. The second-order valence-electron chi connectivity index (χ2n) is 2.49. The summed E-state index contributed by atoms with van der Waals surface area (Å²) in [5, 5.41) is 0. The van der Waals surface area contributed by atoms with Crippen molar-refractivity contribution in [2.45, 2.75) is 0 Å². The SMILES string of the molecule is [B+2]c1ccc(N(C)C)cc1.[OH-].[OH-]. The molecule has 0 saturated heterocycles. The van der Waals surface area contributed by atoms with Gasteiger partial charge >= 0.3 is 62.3 Å². The first kappa shape index (κ1) is 13.6. The number of benzene rings is 1. The molecule has 1 rings (SSSR count). The van der Waals surface area contributed by atoms with Crippen molar-refractivity contribution in [2.24, 2.45) is 0 Å². The van der Waals surface area contributed by atoms with Crippen molar-refractivity contribution in [3.63, 3.8) is 0 Å². The second kappa shape index (κ2) is 5.63. The Balaban J connectivity index is 0. The second-order valence-corrected chi connectivity index (χ2v) is 2.49. The van der Waals surface area contributed by atoms with E-state index in [0.29, 0.717) is 0 Å². The van der Waals surface area contributed by atoms with Crippen LogP contribution in [0.4, 0.5) is 5.69 Å². The Hall–Kier alpha value is -0.995. The van der Waals surface area contributed by atoms with Gasteiger partial charge < -0.3 is 11.0 Å². The van der Waals surface area contributed by atoms with Crippen LogP contribution in [0.5, 0.6) is 0 Å². The van der Waals surface area contributed by atoms with Crippen molar-refractivity contribution >= 4 is 19.0 Å². The van der Waals surface area contributed by atoms with Crippen LogP contribution in [-0.4, -0.2) is 32.9 Å². The molecule has 0 heterocycles. The van der Waals surface area contributed by atoms with Gasteiger partial charge in [-0.15, -0.1) is 0 Å². The van der Waals surface area contributed by atoms with Gasteiger partial charge in [0.1, 0.15) is 0 Å². The summed E-state index contributed by atoms with van der Waals surface area (Å²) in [6.45, 7) is 0. The van der Waals surface area contributed by atoms with Crippen LogP contribution in [0.15, 0.2) is 24.3 Å². The minimum atomic E-state index is 0. The normalized spacial score (nSPS) is 8.00. The molecule has 64 valence electrons. The van der Waals surface area contributed by atoms with E-state index in [1.807, 2.05) is 43.3 Å². The van der Waals surface area contributed by atoms with Crippen LogP contribution >= 0.6 is 0 Å². The Kier molecular flexibility index (Phi) is 6.37. The fourth-order valence-corrected chi connectivity index (χ4v) is 0.772. The molecule has 0 unspecified atom stereocenters. The molecule has 0 saturated carbocycles. The fourth-order valence-electron chi connectivity index (χ4n) is 0.772. The van der Waals surface area contributed by atoms with Crippen molar-refractivity contribution in [2.75, 3.05) is 19.0 Å². The third-order valence-corrected chi connectivity index (χ3v) is 1.41. The number of nitrogens with zero attached hydrogens (tertiary/aromatic N) is 1. The summed E-state index contributed by atoms with van der Waals surface area (Å²) in [5.41, 5.74) is 1.99. The van der Waals surface area contributed by atoms with Crippen LogP contribution in [0.1, 0.15) is 0 Å². The third kappa shape index (κ3) is 3.41. The molecule has 0 amide bonds. The molecule has 0 radical (unpaired) electrons. The maximum absolute atomic E-state index is 5.51. The molecule has 2 N–H and O–H groups in total. The van der Waals surface area contributed by atoms with Gasteiger partial charge in [0.2, 0.25) is 0 Å². The molecular weight excluding hydrogens is 153 g/mol. The van der Waals surface area contributed by atoms with E-state index in [1.165, 1.54) is 5.69 Å². The summed E-state index contributed by atoms with van der Waals surface area (Å²) < 4.78 is 0. The Bertz CT molecular complexity index is 211. The first-order valence-corrected chi connectivity index (χ1v) is 3.23. The molecular formula is C8H12BNO2. The first-order chi connectivity index (χ1) is 4.70.